The van der Waals surface area contributed by atoms with Crippen LogP contribution in [0, 0.1) is 0 Å². The van der Waals surface area contributed by atoms with Crippen LogP contribution in [0.2, 0.25) is 0 Å². The fraction of sp³-hybridized carbons (Fsp3) is 0.200. The molecule has 1 N–H and O–H groups in total. The van der Waals surface area contributed by atoms with E-state index in [1.54, 1.807) is 22.7 Å². The van der Waals surface area contributed by atoms with E-state index in [1.807, 2.05) is 24.3 Å². The third kappa shape index (κ3) is 1.76. The van der Waals surface area contributed by atoms with Gasteiger partial charge in [-0.25, -0.2) is 4.52 Å². The van der Waals surface area contributed by atoms with E-state index < -0.39 is 5.97 Å². The van der Waals surface area contributed by atoms with Crippen molar-refractivity contribution in [2.24, 2.45) is 0 Å². The van der Waals surface area contributed by atoms with Crippen molar-refractivity contribution < 1.29 is 9.90 Å². The Kier molecular flexibility index (Phi) is 2.29. The molecule has 2 aromatic heterocycles. The van der Waals surface area contributed by atoms with Crippen molar-refractivity contribution in [2.45, 2.75) is 0 Å². The maximum Gasteiger partial charge on any atom is 0.323 e. The number of nitrogens with zero attached hydrogens (tertiary/aromatic N) is 3. The number of carboxylic acid groups (broad SMARTS) is 1. The zero-order valence-corrected chi connectivity index (χ0v) is 8.29. The SMILES string of the molecule is CN(CC(=O)O)c1ccc2cccnn12. The minimum absolute atomic E-state index is 0.0390. The number of rotatable bonds is 3. The van der Waals surface area contributed by atoms with Gasteiger partial charge in [0.05, 0.1) is 5.52 Å². The van der Waals surface area contributed by atoms with Crippen LogP contribution in [0.5, 0.6) is 0 Å². The van der Waals surface area contributed by atoms with E-state index in [0.717, 1.165) is 11.3 Å². The summed E-state index contributed by atoms with van der Waals surface area (Å²) in [5, 5.41) is 12.8. The smallest absolute Gasteiger partial charge is 0.323 e. The summed E-state index contributed by atoms with van der Waals surface area (Å²) in [5.41, 5.74) is 0.949. The molecule has 0 unspecified atom stereocenters. The van der Waals surface area contributed by atoms with Crippen molar-refractivity contribution in [1.82, 2.24) is 9.61 Å². The molecule has 2 aromatic rings. The number of aromatic nitrogens is 2. The number of hydrogen-bond donors (Lipinski definition) is 1. The molecule has 0 aliphatic heterocycles. The lowest BCUT2D eigenvalue weighted by Crippen LogP contribution is -2.26. The van der Waals surface area contributed by atoms with E-state index in [0.29, 0.717) is 0 Å². The molecule has 0 saturated carbocycles. The molecule has 0 atom stereocenters. The highest BCUT2D eigenvalue weighted by atomic mass is 16.4. The van der Waals surface area contributed by atoms with E-state index >= 15 is 0 Å². The van der Waals surface area contributed by atoms with Crippen molar-refractivity contribution in [3.8, 4) is 0 Å². The van der Waals surface area contributed by atoms with E-state index in [-0.39, 0.29) is 6.54 Å². The molecule has 0 amide bonds. The van der Waals surface area contributed by atoms with Crippen molar-refractivity contribution >= 4 is 17.3 Å². The Morgan fingerprint density at radius 3 is 3.07 bits per heavy atom. The van der Waals surface area contributed by atoms with Crippen LogP contribution in [-0.4, -0.2) is 34.3 Å². The van der Waals surface area contributed by atoms with Crippen molar-refractivity contribution in [3.63, 3.8) is 0 Å². The quantitative estimate of drug-likeness (QED) is 0.807. The fourth-order valence-electron chi connectivity index (χ4n) is 1.50. The molecule has 2 heterocycles. The van der Waals surface area contributed by atoms with Gasteiger partial charge in [0.1, 0.15) is 12.4 Å². The van der Waals surface area contributed by atoms with Gasteiger partial charge in [0.25, 0.3) is 0 Å². The Morgan fingerprint density at radius 2 is 2.33 bits per heavy atom. The molecule has 5 heteroatoms. The Hall–Kier alpha value is -2.04. The summed E-state index contributed by atoms with van der Waals surface area (Å²) in [4.78, 5) is 12.2. The summed E-state index contributed by atoms with van der Waals surface area (Å²) in [7, 11) is 1.73. The normalized spacial score (nSPS) is 10.5. The molecule has 0 saturated heterocycles. The highest BCUT2D eigenvalue weighted by Crippen LogP contribution is 2.15. The lowest BCUT2D eigenvalue weighted by Gasteiger charge is -2.15. The molecule has 0 spiro atoms. The van der Waals surface area contributed by atoms with Gasteiger partial charge in [0.15, 0.2) is 0 Å². The molecule has 0 aliphatic carbocycles. The van der Waals surface area contributed by atoms with Crippen LogP contribution >= 0.6 is 0 Å². The summed E-state index contributed by atoms with van der Waals surface area (Å²) in [6, 6.07) is 7.52. The Labute approximate surface area is 86.5 Å². The lowest BCUT2D eigenvalue weighted by atomic mass is 10.4. The third-order valence-electron chi connectivity index (χ3n) is 2.16. The van der Waals surface area contributed by atoms with Gasteiger partial charge >= 0.3 is 5.97 Å². The molecule has 0 radical (unpaired) electrons. The summed E-state index contributed by atoms with van der Waals surface area (Å²) in [5.74, 6) is -0.0867. The molecular formula is C10H11N3O2. The van der Waals surface area contributed by atoms with Crippen LogP contribution in [0.1, 0.15) is 0 Å². The minimum atomic E-state index is -0.858. The average Bonchev–Trinajstić information content (AvgIpc) is 2.59. The largest absolute Gasteiger partial charge is 0.480 e. The van der Waals surface area contributed by atoms with E-state index in [9.17, 15) is 4.79 Å². The summed E-state index contributed by atoms with van der Waals surface area (Å²) in [6.45, 7) is -0.0390. The van der Waals surface area contributed by atoms with Crippen LogP contribution < -0.4 is 4.90 Å². The number of likely N-dealkylation sites (N-methyl/N-ethyl adjacent to an activating group) is 1. The predicted molar refractivity (Wildman–Crippen MR) is 56.1 cm³/mol. The maximum absolute atomic E-state index is 10.6. The molecule has 0 fully saturated rings. The number of anilines is 1. The Bertz CT molecular complexity index is 492. The highest BCUT2D eigenvalue weighted by molar-refractivity contribution is 5.73. The van der Waals surface area contributed by atoms with Crippen molar-refractivity contribution in [3.05, 3.63) is 30.5 Å². The van der Waals surface area contributed by atoms with Crippen LogP contribution in [0.25, 0.3) is 5.52 Å². The molecular weight excluding hydrogens is 194 g/mol. The van der Waals surface area contributed by atoms with E-state index in [4.69, 9.17) is 5.11 Å². The Morgan fingerprint density at radius 1 is 1.53 bits per heavy atom. The van der Waals surface area contributed by atoms with E-state index in [1.165, 1.54) is 0 Å². The van der Waals surface area contributed by atoms with Gasteiger partial charge < -0.3 is 10.0 Å². The van der Waals surface area contributed by atoms with Crippen molar-refractivity contribution in [1.29, 1.82) is 0 Å². The topological polar surface area (TPSA) is 57.8 Å². The lowest BCUT2D eigenvalue weighted by molar-refractivity contribution is -0.135. The predicted octanol–water partition coefficient (Wildman–Crippen LogP) is 0.855. The zero-order valence-electron chi connectivity index (χ0n) is 8.29. The molecule has 2 rings (SSSR count). The molecule has 15 heavy (non-hydrogen) atoms. The number of aliphatic carboxylic acids is 1. The van der Waals surface area contributed by atoms with Gasteiger partial charge in [-0.05, 0) is 24.3 Å². The van der Waals surface area contributed by atoms with Crippen LogP contribution in [0.3, 0.4) is 0 Å². The fourth-order valence-corrected chi connectivity index (χ4v) is 1.50. The maximum atomic E-state index is 10.6. The third-order valence-corrected chi connectivity index (χ3v) is 2.16. The molecule has 0 aromatic carbocycles. The van der Waals surface area contributed by atoms with Crippen LogP contribution in [0.4, 0.5) is 5.82 Å². The van der Waals surface area contributed by atoms with Gasteiger partial charge in [0, 0.05) is 13.2 Å². The van der Waals surface area contributed by atoms with Gasteiger partial charge in [-0.15, -0.1) is 0 Å². The van der Waals surface area contributed by atoms with E-state index in [2.05, 4.69) is 5.10 Å². The first-order valence-electron chi connectivity index (χ1n) is 4.54. The van der Waals surface area contributed by atoms with Gasteiger partial charge in [0.2, 0.25) is 0 Å². The average molecular weight is 205 g/mol. The Balaban J connectivity index is 2.39. The molecule has 0 bridgehead atoms. The monoisotopic (exact) mass is 205 g/mol. The highest BCUT2D eigenvalue weighted by Gasteiger charge is 2.09. The van der Waals surface area contributed by atoms with Gasteiger partial charge in [-0.1, -0.05) is 0 Å². The summed E-state index contributed by atoms with van der Waals surface area (Å²) in [6.07, 6.45) is 1.67. The first-order chi connectivity index (χ1) is 7.18. The number of hydrogen-bond acceptors (Lipinski definition) is 3. The van der Waals surface area contributed by atoms with Crippen LogP contribution in [-0.2, 0) is 4.79 Å². The first-order valence-corrected chi connectivity index (χ1v) is 4.54. The molecule has 0 aliphatic rings. The number of carbonyl (C=O) groups is 1. The second-order valence-electron chi connectivity index (χ2n) is 3.30. The number of fused-ring (bicyclic) bond motifs is 1. The first kappa shape index (κ1) is 9.51. The van der Waals surface area contributed by atoms with Crippen LogP contribution in [0.15, 0.2) is 30.5 Å². The molecule has 78 valence electrons. The van der Waals surface area contributed by atoms with Crippen molar-refractivity contribution in [2.75, 3.05) is 18.5 Å². The standard InChI is InChI=1S/C10H11N3O2/c1-12(7-10(14)15)9-5-4-8-3-2-6-11-13(8)9/h2-6H,7H2,1H3,(H,14,15). The summed E-state index contributed by atoms with van der Waals surface area (Å²) >= 11 is 0. The second kappa shape index (κ2) is 3.61. The van der Waals surface area contributed by atoms with Gasteiger partial charge in [-0.3, -0.25) is 4.79 Å². The van der Waals surface area contributed by atoms with Gasteiger partial charge in [-0.2, -0.15) is 5.10 Å². The summed E-state index contributed by atoms with van der Waals surface area (Å²) < 4.78 is 1.71. The number of carboxylic acids is 1. The zero-order chi connectivity index (χ0) is 10.8. The minimum Gasteiger partial charge on any atom is -0.480 e. The second-order valence-corrected chi connectivity index (χ2v) is 3.30. The molecule has 5 nitrogen and oxygen atoms in total.